The SMILES string of the molecule is CC(C)(CO)[C@H](N)c1ccc(O)cc1O. The molecule has 0 unspecified atom stereocenters. The van der Waals surface area contributed by atoms with Crippen LogP contribution in [0, 0.1) is 5.41 Å². The third-order valence-electron chi connectivity index (χ3n) is 2.60. The number of hydrogen-bond acceptors (Lipinski definition) is 4. The van der Waals surface area contributed by atoms with Crippen LogP contribution < -0.4 is 5.73 Å². The van der Waals surface area contributed by atoms with E-state index in [0.717, 1.165) is 0 Å². The molecule has 0 radical (unpaired) electrons. The van der Waals surface area contributed by atoms with Gasteiger partial charge in [-0.25, -0.2) is 0 Å². The zero-order valence-corrected chi connectivity index (χ0v) is 8.94. The summed E-state index contributed by atoms with van der Waals surface area (Å²) in [6, 6.07) is 3.78. The molecule has 0 amide bonds. The van der Waals surface area contributed by atoms with E-state index in [0.29, 0.717) is 5.56 Å². The van der Waals surface area contributed by atoms with Crippen molar-refractivity contribution in [3.05, 3.63) is 23.8 Å². The fourth-order valence-corrected chi connectivity index (χ4v) is 1.31. The Morgan fingerprint density at radius 2 is 1.93 bits per heavy atom. The number of aliphatic hydroxyl groups excluding tert-OH is 1. The maximum Gasteiger partial charge on any atom is 0.124 e. The van der Waals surface area contributed by atoms with E-state index in [1.54, 1.807) is 6.07 Å². The number of rotatable bonds is 3. The average molecular weight is 211 g/mol. The largest absolute Gasteiger partial charge is 0.508 e. The first kappa shape index (κ1) is 11.8. The number of phenols is 2. The van der Waals surface area contributed by atoms with Crippen LogP contribution in [0.15, 0.2) is 18.2 Å². The molecule has 0 spiro atoms. The predicted molar refractivity (Wildman–Crippen MR) is 57.6 cm³/mol. The molecule has 4 heteroatoms. The van der Waals surface area contributed by atoms with Crippen molar-refractivity contribution in [2.45, 2.75) is 19.9 Å². The second-order valence-corrected chi connectivity index (χ2v) is 4.37. The van der Waals surface area contributed by atoms with Crippen molar-refractivity contribution in [2.24, 2.45) is 11.1 Å². The van der Waals surface area contributed by atoms with Crippen LogP contribution >= 0.6 is 0 Å². The van der Waals surface area contributed by atoms with Gasteiger partial charge >= 0.3 is 0 Å². The van der Waals surface area contributed by atoms with E-state index in [9.17, 15) is 5.11 Å². The molecule has 15 heavy (non-hydrogen) atoms. The summed E-state index contributed by atoms with van der Waals surface area (Å²) < 4.78 is 0. The first-order valence-corrected chi connectivity index (χ1v) is 4.77. The highest BCUT2D eigenvalue weighted by atomic mass is 16.3. The van der Waals surface area contributed by atoms with Crippen LogP contribution in [0.3, 0.4) is 0 Å². The van der Waals surface area contributed by atoms with Gasteiger partial charge in [0.15, 0.2) is 0 Å². The van der Waals surface area contributed by atoms with Crippen molar-refractivity contribution >= 4 is 0 Å². The van der Waals surface area contributed by atoms with E-state index in [2.05, 4.69) is 0 Å². The van der Waals surface area contributed by atoms with Gasteiger partial charge < -0.3 is 21.1 Å². The molecule has 0 aliphatic rings. The van der Waals surface area contributed by atoms with E-state index >= 15 is 0 Å². The standard InChI is InChI=1S/C11H17NO3/c1-11(2,6-13)10(12)8-4-3-7(14)5-9(8)15/h3-5,10,13-15H,6,12H2,1-2H3/t10-/m1/s1. The summed E-state index contributed by atoms with van der Waals surface area (Å²) in [6.07, 6.45) is 0. The molecule has 0 aromatic heterocycles. The first-order valence-electron chi connectivity index (χ1n) is 4.77. The summed E-state index contributed by atoms with van der Waals surface area (Å²) in [5, 5.41) is 27.9. The van der Waals surface area contributed by atoms with Crippen molar-refractivity contribution in [1.29, 1.82) is 0 Å². The summed E-state index contributed by atoms with van der Waals surface area (Å²) in [5.74, 6) is -0.0609. The number of aliphatic hydroxyl groups is 1. The third kappa shape index (κ3) is 2.40. The minimum Gasteiger partial charge on any atom is -0.508 e. The Morgan fingerprint density at radius 3 is 2.40 bits per heavy atom. The second-order valence-electron chi connectivity index (χ2n) is 4.37. The maximum absolute atomic E-state index is 9.60. The molecule has 84 valence electrons. The summed E-state index contributed by atoms with van der Waals surface area (Å²) >= 11 is 0. The quantitative estimate of drug-likeness (QED) is 0.603. The minimum atomic E-state index is -0.519. The van der Waals surface area contributed by atoms with Crippen LogP contribution in [0.5, 0.6) is 11.5 Å². The smallest absolute Gasteiger partial charge is 0.124 e. The molecular weight excluding hydrogens is 194 g/mol. The van der Waals surface area contributed by atoms with Crippen LogP contribution in [0.4, 0.5) is 0 Å². The van der Waals surface area contributed by atoms with Crippen LogP contribution in [0.25, 0.3) is 0 Å². The Morgan fingerprint density at radius 1 is 1.33 bits per heavy atom. The third-order valence-corrected chi connectivity index (χ3v) is 2.60. The highest BCUT2D eigenvalue weighted by Gasteiger charge is 2.28. The molecule has 0 aliphatic carbocycles. The van der Waals surface area contributed by atoms with Crippen LogP contribution in [-0.2, 0) is 0 Å². The fourth-order valence-electron chi connectivity index (χ4n) is 1.31. The van der Waals surface area contributed by atoms with E-state index in [-0.39, 0.29) is 18.1 Å². The monoisotopic (exact) mass is 211 g/mol. The summed E-state index contributed by atoms with van der Waals surface area (Å²) in [6.45, 7) is 3.54. The van der Waals surface area contributed by atoms with E-state index in [1.165, 1.54) is 12.1 Å². The molecule has 1 aromatic carbocycles. The summed E-state index contributed by atoms with van der Waals surface area (Å²) in [7, 11) is 0. The molecule has 0 fully saturated rings. The van der Waals surface area contributed by atoms with Gasteiger partial charge in [0.1, 0.15) is 11.5 Å². The van der Waals surface area contributed by atoms with Gasteiger partial charge in [-0.1, -0.05) is 19.9 Å². The fraction of sp³-hybridized carbons (Fsp3) is 0.455. The molecule has 1 aromatic rings. The molecule has 5 N–H and O–H groups in total. The van der Waals surface area contributed by atoms with Crippen molar-refractivity contribution in [3.63, 3.8) is 0 Å². The number of hydrogen-bond donors (Lipinski definition) is 4. The average Bonchev–Trinajstić information content (AvgIpc) is 2.17. The molecule has 0 heterocycles. The lowest BCUT2D eigenvalue weighted by Gasteiger charge is -2.30. The molecule has 0 saturated heterocycles. The number of benzene rings is 1. The van der Waals surface area contributed by atoms with E-state index in [1.807, 2.05) is 13.8 Å². The number of phenolic OH excluding ortho intramolecular Hbond substituents is 2. The normalized spacial score (nSPS) is 13.9. The van der Waals surface area contributed by atoms with Crippen molar-refractivity contribution in [3.8, 4) is 11.5 Å². The lowest BCUT2D eigenvalue weighted by molar-refractivity contribution is 0.131. The molecule has 4 nitrogen and oxygen atoms in total. The van der Waals surface area contributed by atoms with Gasteiger partial charge in [-0.3, -0.25) is 0 Å². The molecule has 1 rings (SSSR count). The number of aromatic hydroxyl groups is 2. The summed E-state index contributed by atoms with van der Waals surface area (Å²) in [5.41, 5.74) is 5.93. The molecule has 1 atom stereocenters. The second kappa shape index (κ2) is 4.08. The first-order chi connectivity index (χ1) is 6.88. The maximum atomic E-state index is 9.60. The van der Waals surface area contributed by atoms with Gasteiger partial charge in [-0.15, -0.1) is 0 Å². The van der Waals surface area contributed by atoms with E-state index < -0.39 is 11.5 Å². The van der Waals surface area contributed by atoms with Gasteiger partial charge in [0, 0.05) is 29.7 Å². The van der Waals surface area contributed by atoms with Crippen molar-refractivity contribution < 1.29 is 15.3 Å². The van der Waals surface area contributed by atoms with Gasteiger partial charge in [-0.05, 0) is 6.07 Å². The Hall–Kier alpha value is -1.26. The zero-order valence-electron chi connectivity index (χ0n) is 8.94. The van der Waals surface area contributed by atoms with Crippen LogP contribution in [0.2, 0.25) is 0 Å². The van der Waals surface area contributed by atoms with Gasteiger partial charge in [0.25, 0.3) is 0 Å². The Balaban J connectivity index is 3.06. The lowest BCUT2D eigenvalue weighted by atomic mass is 9.81. The molecule has 0 saturated carbocycles. The molecular formula is C11H17NO3. The van der Waals surface area contributed by atoms with Gasteiger partial charge in [0.05, 0.1) is 0 Å². The van der Waals surface area contributed by atoms with Crippen molar-refractivity contribution in [1.82, 2.24) is 0 Å². The zero-order chi connectivity index (χ0) is 11.6. The van der Waals surface area contributed by atoms with Crippen LogP contribution in [-0.4, -0.2) is 21.9 Å². The summed E-state index contributed by atoms with van der Waals surface area (Å²) in [4.78, 5) is 0. The highest BCUT2D eigenvalue weighted by molar-refractivity contribution is 5.41. The van der Waals surface area contributed by atoms with Crippen LogP contribution in [0.1, 0.15) is 25.5 Å². The Kier molecular flexibility index (Phi) is 3.21. The van der Waals surface area contributed by atoms with E-state index in [4.69, 9.17) is 15.9 Å². The highest BCUT2D eigenvalue weighted by Crippen LogP contribution is 2.36. The topological polar surface area (TPSA) is 86.7 Å². The number of nitrogens with two attached hydrogens (primary N) is 1. The van der Waals surface area contributed by atoms with Gasteiger partial charge in [0.2, 0.25) is 0 Å². The molecule has 0 bridgehead atoms. The van der Waals surface area contributed by atoms with Crippen molar-refractivity contribution in [2.75, 3.05) is 6.61 Å². The predicted octanol–water partition coefficient (Wildman–Crippen LogP) is 1.12. The van der Waals surface area contributed by atoms with Gasteiger partial charge in [-0.2, -0.15) is 0 Å². The lowest BCUT2D eigenvalue weighted by Crippen LogP contribution is -2.32. The Bertz CT molecular complexity index is 350. The Labute approximate surface area is 89.0 Å². The molecule has 0 aliphatic heterocycles. The minimum absolute atomic E-state index is 0.00902.